The molecule has 7 heteroatoms. The van der Waals surface area contributed by atoms with Crippen molar-refractivity contribution < 1.29 is 17.9 Å². The molecule has 1 aliphatic rings. The molecule has 3 rings (SSSR count). The van der Waals surface area contributed by atoms with Crippen LogP contribution in [0.1, 0.15) is 30.9 Å². The van der Waals surface area contributed by atoms with Gasteiger partial charge in [0.1, 0.15) is 5.75 Å². The molecule has 6 nitrogen and oxygen atoms in total. The van der Waals surface area contributed by atoms with Crippen molar-refractivity contribution in [3.8, 4) is 5.75 Å². The Kier molecular flexibility index (Phi) is 6.95. The molecule has 0 bridgehead atoms. The Balaban J connectivity index is 1.62. The summed E-state index contributed by atoms with van der Waals surface area (Å²) in [6.07, 6.45) is 3.23. The molecule has 0 aliphatic carbocycles. The van der Waals surface area contributed by atoms with E-state index in [0.717, 1.165) is 11.1 Å². The zero-order valence-electron chi connectivity index (χ0n) is 17.6. The lowest BCUT2D eigenvalue weighted by molar-refractivity contribution is -0.127. The zero-order chi connectivity index (χ0) is 21.7. The predicted octanol–water partition coefficient (Wildman–Crippen LogP) is 3.36. The Hall–Kier alpha value is -2.64. The van der Waals surface area contributed by atoms with Crippen molar-refractivity contribution in [2.75, 3.05) is 33.3 Å². The number of carbonyl (C=O) groups excluding carboxylic acids is 1. The number of ether oxygens (including phenoxy) is 1. The average molecular weight is 429 g/mol. The summed E-state index contributed by atoms with van der Waals surface area (Å²) in [6, 6.07) is 14.5. The number of amides is 1. The summed E-state index contributed by atoms with van der Waals surface area (Å²) in [4.78, 5) is 14.5. The fourth-order valence-corrected chi connectivity index (χ4v) is 4.82. The van der Waals surface area contributed by atoms with Crippen molar-refractivity contribution in [1.82, 2.24) is 9.21 Å². The van der Waals surface area contributed by atoms with E-state index in [1.54, 1.807) is 30.2 Å². The summed E-state index contributed by atoms with van der Waals surface area (Å²) in [5.74, 6) is 0.903. The predicted molar refractivity (Wildman–Crippen MR) is 118 cm³/mol. The van der Waals surface area contributed by atoms with Gasteiger partial charge in [-0.2, -0.15) is 4.31 Å². The van der Waals surface area contributed by atoms with Gasteiger partial charge in [0, 0.05) is 37.8 Å². The second kappa shape index (κ2) is 9.45. The molecule has 1 heterocycles. The fraction of sp³-hybridized carbons (Fsp3) is 0.348. The van der Waals surface area contributed by atoms with Crippen molar-refractivity contribution in [2.24, 2.45) is 0 Å². The van der Waals surface area contributed by atoms with E-state index >= 15 is 0 Å². The smallest absolute Gasteiger partial charge is 0.246 e. The van der Waals surface area contributed by atoms with Crippen LogP contribution in [0.2, 0.25) is 0 Å². The number of nitrogens with zero attached hydrogens (tertiary/aromatic N) is 2. The van der Waals surface area contributed by atoms with Gasteiger partial charge in [-0.1, -0.05) is 44.2 Å². The summed E-state index contributed by atoms with van der Waals surface area (Å²) in [7, 11) is -1.97. The fourth-order valence-electron chi connectivity index (χ4n) is 3.39. The van der Waals surface area contributed by atoms with Gasteiger partial charge >= 0.3 is 0 Å². The van der Waals surface area contributed by atoms with Crippen LogP contribution < -0.4 is 4.74 Å². The minimum absolute atomic E-state index is 0.140. The van der Waals surface area contributed by atoms with Gasteiger partial charge < -0.3 is 9.64 Å². The molecule has 1 aliphatic heterocycles. The molecule has 0 spiro atoms. The summed E-state index contributed by atoms with van der Waals surface area (Å²) >= 11 is 0. The number of rotatable bonds is 6. The molecule has 2 aromatic rings. The zero-order valence-corrected chi connectivity index (χ0v) is 18.4. The quantitative estimate of drug-likeness (QED) is 0.662. The van der Waals surface area contributed by atoms with Crippen LogP contribution in [0.25, 0.3) is 6.08 Å². The molecule has 0 radical (unpaired) electrons. The van der Waals surface area contributed by atoms with Gasteiger partial charge in [0.05, 0.1) is 12.0 Å². The highest BCUT2D eigenvalue weighted by Crippen LogP contribution is 2.22. The number of hydrogen-bond acceptors (Lipinski definition) is 4. The second-order valence-electron chi connectivity index (χ2n) is 7.53. The molecule has 0 atom stereocenters. The maximum atomic E-state index is 12.9. The number of piperazine rings is 1. The van der Waals surface area contributed by atoms with Gasteiger partial charge in [0.15, 0.2) is 0 Å². The van der Waals surface area contributed by atoms with Gasteiger partial charge in [-0.3, -0.25) is 4.79 Å². The van der Waals surface area contributed by atoms with Crippen molar-refractivity contribution >= 4 is 22.0 Å². The summed E-state index contributed by atoms with van der Waals surface area (Å²) in [6.45, 7) is 5.42. The van der Waals surface area contributed by atoms with Gasteiger partial charge in [-0.25, -0.2) is 8.42 Å². The molecule has 0 aromatic heterocycles. The molecule has 1 saturated heterocycles. The van der Waals surface area contributed by atoms with Crippen LogP contribution >= 0.6 is 0 Å². The molecule has 1 amide bonds. The van der Waals surface area contributed by atoms with E-state index in [0.29, 0.717) is 29.7 Å². The average Bonchev–Trinajstić information content (AvgIpc) is 2.77. The number of hydrogen-bond donors (Lipinski definition) is 0. The van der Waals surface area contributed by atoms with Crippen molar-refractivity contribution in [1.29, 1.82) is 0 Å². The maximum Gasteiger partial charge on any atom is 0.246 e. The third kappa shape index (κ3) is 4.91. The largest absolute Gasteiger partial charge is 0.496 e. The monoisotopic (exact) mass is 428 g/mol. The first-order chi connectivity index (χ1) is 14.3. The third-order valence-electron chi connectivity index (χ3n) is 5.28. The minimum Gasteiger partial charge on any atom is -0.496 e. The van der Waals surface area contributed by atoms with Crippen LogP contribution in [0.15, 0.2) is 59.5 Å². The lowest BCUT2D eigenvalue weighted by Gasteiger charge is -2.33. The third-order valence-corrected chi connectivity index (χ3v) is 7.19. The Morgan fingerprint density at radius 2 is 1.63 bits per heavy atom. The normalized spacial score (nSPS) is 15.7. The standard InChI is InChI=1S/C23H28N2O4S/c1-18(2)19-8-11-21(12-9-19)30(27,28)25-16-14-24(15-17-25)23(26)13-10-20-6-4-5-7-22(20)29-3/h4-13,18H,14-17H2,1-3H3/b13-10+. The number of methoxy groups -OCH3 is 1. The van der Waals surface area contributed by atoms with E-state index in [4.69, 9.17) is 4.74 Å². The Bertz CT molecular complexity index is 1010. The SMILES string of the molecule is COc1ccccc1/C=C/C(=O)N1CCN(S(=O)(=O)c2ccc(C(C)C)cc2)CC1. The highest BCUT2D eigenvalue weighted by atomic mass is 32.2. The molecule has 2 aromatic carbocycles. The highest BCUT2D eigenvalue weighted by Gasteiger charge is 2.29. The lowest BCUT2D eigenvalue weighted by Crippen LogP contribution is -2.50. The van der Waals surface area contributed by atoms with Crippen LogP contribution in [0.3, 0.4) is 0 Å². The Morgan fingerprint density at radius 1 is 1.00 bits per heavy atom. The van der Waals surface area contributed by atoms with Gasteiger partial charge in [0.25, 0.3) is 0 Å². The van der Waals surface area contributed by atoms with Gasteiger partial charge in [-0.15, -0.1) is 0 Å². The topological polar surface area (TPSA) is 66.9 Å². The molecule has 30 heavy (non-hydrogen) atoms. The van der Waals surface area contributed by atoms with Crippen molar-refractivity contribution in [3.05, 3.63) is 65.7 Å². The first-order valence-corrected chi connectivity index (χ1v) is 11.5. The summed E-state index contributed by atoms with van der Waals surface area (Å²) < 4.78 is 32.6. The second-order valence-corrected chi connectivity index (χ2v) is 9.47. The summed E-state index contributed by atoms with van der Waals surface area (Å²) in [5, 5.41) is 0. The van der Waals surface area contributed by atoms with Crippen LogP contribution in [-0.2, 0) is 14.8 Å². The lowest BCUT2D eigenvalue weighted by atomic mass is 10.0. The van der Waals surface area contributed by atoms with E-state index < -0.39 is 10.0 Å². The highest BCUT2D eigenvalue weighted by molar-refractivity contribution is 7.89. The van der Waals surface area contributed by atoms with E-state index in [9.17, 15) is 13.2 Å². The molecular formula is C23H28N2O4S. The van der Waals surface area contributed by atoms with Crippen molar-refractivity contribution in [2.45, 2.75) is 24.7 Å². The van der Waals surface area contributed by atoms with Gasteiger partial charge in [-0.05, 0) is 35.8 Å². The van der Waals surface area contributed by atoms with Gasteiger partial charge in [0.2, 0.25) is 15.9 Å². The molecule has 1 fully saturated rings. The molecule has 160 valence electrons. The molecule has 0 N–H and O–H groups in total. The first kappa shape index (κ1) is 22.1. The molecule has 0 unspecified atom stereocenters. The molecular weight excluding hydrogens is 400 g/mol. The number of para-hydroxylation sites is 1. The Morgan fingerprint density at radius 3 is 2.23 bits per heavy atom. The Labute approximate surface area is 178 Å². The van der Waals surface area contributed by atoms with E-state index in [1.807, 2.05) is 36.4 Å². The first-order valence-electron chi connectivity index (χ1n) is 10.0. The van der Waals surface area contributed by atoms with Crippen LogP contribution in [-0.4, -0.2) is 56.8 Å². The molecule has 0 saturated carbocycles. The van der Waals surface area contributed by atoms with Crippen LogP contribution in [0.5, 0.6) is 5.75 Å². The minimum atomic E-state index is -3.56. The number of benzene rings is 2. The van der Waals surface area contributed by atoms with Crippen LogP contribution in [0, 0.1) is 0 Å². The van der Waals surface area contributed by atoms with E-state index in [1.165, 1.54) is 10.4 Å². The van der Waals surface area contributed by atoms with E-state index in [2.05, 4.69) is 13.8 Å². The van der Waals surface area contributed by atoms with E-state index in [-0.39, 0.29) is 19.0 Å². The number of sulfonamides is 1. The number of carbonyl (C=O) groups is 1. The van der Waals surface area contributed by atoms with Crippen LogP contribution in [0.4, 0.5) is 0 Å². The van der Waals surface area contributed by atoms with Crippen molar-refractivity contribution in [3.63, 3.8) is 0 Å². The maximum absolute atomic E-state index is 12.9. The summed E-state index contributed by atoms with van der Waals surface area (Å²) in [5.41, 5.74) is 1.92.